The molecule has 4 aromatic rings. The summed E-state index contributed by atoms with van der Waals surface area (Å²) in [5.74, 6) is -0.928. The SMILES string of the molecule is N#C[C@H](C(=O)c1cc2ccccc2o1)c1nc2ccccc2[nH]1. The predicted octanol–water partition coefficient (Wildman–Crippen LogP) is 3.80. The van der Waals surface area contributed by atoms with E-state index in [0.717, 1.165) is 16.4 Å². The fraction of sp³-hybridized carbons (Fsp3) is 0.0556. The van der Waals surface area contributed by atoms with E-state index in [1.165, 1.54) is 0 Å². The lowest BCUT2D eigenvalue weighted by molar-refractivity contribution is 0.0951. The van der Waals surface area contributed by atoms with E-state index in [1.807, 2.05) is 48.5 Å². The van der Waals surface area contributed by atoms with E-state index in [9.17, 15) is 10.1 Å². The molecule has 2 aromatic carbocycles. The average molecular weight is 301 g/mol. The number of ketones is 1. The highest BCUT2D eigenvalue weighted by atomic mass is 16.3. The molecule has 0 saturated heterocycles. The Bertz CT molecular complexity index is 1000. The van der Waals surface area contributed by atoms with Crippen LogP contribution in [0, 0.1) is 11.3 Å². The molecule has 110 valence electrons. The van der Waals surface area contributed by atoms with Crippen molar-refractivity contribution in [3.05, 3.63) is 66.2 Å². The molecular weight excluding hydrogens is 290 g/mol. The van der Waals surface area contributed by atoms with Crippen LogP contribution in [0.25, 0.3) is 22.0 Å². The van der Waals surface area contributed by atoms with Crippen LogP contribution in [0.5, 0.6) is 0 Å². The summed E-state index contributed by atoms with van der Waals surface area (Å²) in [5, 5.41) is 10.3. The second-order valence-electron chi connectivity index (χ2n) is 5.21. The van der Waals surface area contributed by atoms with Crippen LogP contribution in [0.4, 0.5) is 0 Å². The molecule has 0 radical (unpaired) electrons. The number of furan rings is 1. The summed E-state index contributed by atoms with van der Waals surface area (Å²) in [6.45, 7) is 0. The summed E-state index contributed by atoms with van der Waals surface area (Å²) in [6.07, 6.45) is 0. The van der Waals surface area contributed by atoms with Crippen LogP contribution in [0.2, 0.25) is 0 Å². The first-order valence-corrected chi connectivity index (χ1v) is 7.13. The van der Waals surface area contributed by atoms with Gasteiger partial charge in [0, 0.05) is 5.39 Å². The summed E-state index contributed by atoms with van der Waals surface area (Å²) in [4.78, 5) is 20.0. The molecule has 1 atom stereocenters. The quantitative estimate of drug-likeness (QED) is 0.583. The van der Waals surface area contributed by atoms with Gasteiger partial charge >= 0.3 is 0 Å². The van der Waals surface area contributed by atoms with E-state index in [1.54, 1.807) is 12.1 Å². The molecule has 23 heavy (non-hydrogen) atoms. The highest BCUT2D eigenvalue weighted by Crippen LogP contribution is 2.25. The van der Waals surface area contributed by atoms with Crippen LogP contribution in [0.3, 0.4) is 0 Å². The molecule has 0 bridgehead atoms. The first kappa shape index (κ1) is 13.3. The molecule has 0 unspecified atom stereocenters. The van der Waals surface area contributed by atoms with E-state index in [4.69, 9.17) is 4.42 Å². The van der Waals surface area contributed by atoms with E-state index >= 15 is 0 Å². The Kier molecular flexibility index (Phi) is 2.95. The van der Waals surface area contributed by atoms with Crippen molar-refractivity contribution in [2.75, 3.05) is 0 Å². The number of rotatable bonds is 3. The van der Waals surface area contributed by atoms with Gasteiger partial charge in [0.1, 0.15) is 11.4 Å². The third-order valence-corrected chi connectivity index (χ3v) is 3.74. The summed E-state index contributed by atoms with van der Waals surface area (Å²) in [7, 11) is 0. The van der Waals surface area contributed by atoms with E-state index in [0.29, 0.717) is 11.4 Å². The molecule has 4 rings (SSSR count). The zero-order valence-electron chi connectivity index (χ0n) is 12.0. The first-order chi connectivity index (χ1) is 11.3. The van der Waals surface area contributed by atoms with Gasteiger partial charge in [-0.15, -0.1) is 0 Å². The third-order valence-electron chi connectivity index (χ3n) is 3.74. The first-order valence-electron chi connectivity index (χ1n) is 7.13. The molecule has 5 heteroatoms. The zero-order valence-corrected chi connectivity index (χ0v) is 12.0. The van der Waals surface area contributed by atoms with Crippen molar-refractivity contribution in [2.45, 2.75) is 5.92 Å². The number of aromatic nitrogens is 2. The van der Waals surface area contributed by atoms with Gasteiger partial charge in [-0.1, -0.05) is 30.3 Å². The largest absolute Gasteiger partial charge is 0.453 e. The lowest BCUT2D eigenvalue weighted by Gasteiger charge is -2.01. The topological polar surface area (TPSA) is 82.7 Å². The normalized spacial score (nSPS) is 12.3. The fourth-order valence-electron chi connectivity index (χ4n) is 2.60. The average Bonchev–Trinajstić information content (AvgIpc) is 3.19. The molecule has 0 aliphatic carbocycles. The molecule has 5 nitrogen and oxygen atoms in total. The molecule has 2 aromatic heterocycles. The highest BCUT2D eigenvalue weighted by Gasteiger charge is 2.27. The number of nitriles is 1. The third kappa shape index (κ3) is 2.17. The molecule has 0 aliphatic heterocycles. The number of hydrogen-bond acceptors (Lipinski definition) is 4. The Labute approximate surface area is 131 Å². The molecule has 0 aliphatic rings. The second-order valence-corrected chi connectivity index (χ2v) is 5.21. The Morgan fingerprint density at radius 2 is 1.96 bits per heavy atom. The van der Waals surface area contributed by atoms with Crippen LogP contribution >= 0.6 is 0 Å². The number of hydrogen-bond donors (Lipinski definition) is 1. The number of benzene rings is 2. The van der Waals surface area contributed by atoms with Crippen molar-refractivity contribution in [1.29, 1.82) is 5.26 Å². The number of nitrogens with one attached hydrogen (secondary N) is 1. The minimum Gasteiger partial charge on any atom is -0.453 e. The van der Waals surface area contributed by atoms with Crippen molar-refractivity contribution < 1.29 is 9.21 Å². The van der Waals surface area contributed by atoms with Crippen LogP contribution in [-0.2, 0) is 0 Å². The van der Waals surface area contributed by atoms with Crippen molar-refractivity contribution >= 4 is 27.8 Å². The smallest absolute Gasteiger partial charge is 0.222 e. The molecule has 0 saturated carbocycles. The van der Waals surface area contributed by atoms with Gasteiger partial charge in [-0.05, 0) is 24.3 Å². The maximum absolute atomic E-state index is 12.6. The summed E-state index contributed by atoms with van der Waals surface area (Å²) in [5.41, 5.74) is 2.14. The Morgan fingerprint density at radius 3 is 2.74 bits per heavy atom. The maximum atomic E-state index is 12.6. The van der Waals surface area contributed by atoms with Crippen LogP contribution in [0.15, 0.2) is 59.0 Å². The van der Waals surface area contributed by atoms with Gasteiger partial charge in [-0.25, -0.2) is 4.98 Å². The number of carbonyl (C=O) groups excluding carboxylic acids is 1. The standard InChI is InChI=1S/C18H11N3O2/c19-10-12(18-20-13-6-2-3-7-14(13)21-18)17(22)16-9-11-5-1-4-8-15(11)23-16/h1-9,12H,(H,20,21)/t12-/m1/s1. The number of fused-ring (bicyclic) bond motifs is 2. The minimum atomic E-state index is -1.03. The number of aromatic amines is 1. The molecular formula is C18H11N3O2. The maximum Gasteiger partial charge on any atom is 0.222 e. The van der Waals surface area contributed by atoms with Crippen molar-refractivity contribution in [1.82, 2.24) is 9.97 Å². The Morgan fingerprint density at radius 1 is 1.17 bits per heavy atom. The van der Waals surface area contributed by atoms with Gasteiger partial charge in [0.15, 0.2) is 11.7 Å². The summed E-state index contributed by atoms with van der Waals surface area (Å²) in [6, 6.07) is 18.4. The van der Waals surface area contributed by atoms with E-state index in [-0.39, 0.29) is 5.76 Å². The van der Waals surface area contributed by atoms with Crippen molar-refractivity contribution in [2.24, 2.45) is 0 Å². The zero-order chi connectivity index (χ0) is 15.8. The summed E-state index contributed by atoms with van der Waals surface area (Å²) < 4.78 is 5.57. The molecule has 2 heterocycles. The number of para-hydroxylation sites is 3. The monoisotopic (exact) mass is 301 g/mol. The van der Waals surface area contributed by atoms with Crippen LogP contribution in [0.1, 0.15) is 22.3 Å². The number of carbonyl (C=O) groups is 1. The van der Waals surface area contributed by atoms with Crippen LogP contribution in [-0.4, -0.2) is 15.8 Å². The number of nitrogens with zero attached hydrogens (tertiary/aromatic N) is 2. The molecule has 0 fully saturated rings. The second kappa shape index (κ2) is 5.11. The lowest BCUT2D eigenvalue weighted by atomic mass is 10.0. The fourth-order valence-corrected chi connectivity index (χ4v) is 2.60. The Balaban J connectivity index is 1.76. The molecule has 0 spiro atoms. The number of Topliss-reactive ketones (excluding diaryl/α,β-unsaturated/α-hetero) is 1. The molecule has 0 amide bonds. The van der Waals surface area contributed by atoms with Gasteiger partial charge < -0.3 is 9.40 Å². The van der Waals surface area contributed by atoms with Gasteiger partial charge in [-0.2, -0.15) is 5.26 Å². The van der Waals surface area contributed by atoms with E-state index in [2.05, 4.69) is 9.97 Å². The number of imidazole rings is 1. The summed E-state index contributed by atoms with van der Waals surface area (Å²) >= 11 is 0. The van der Waals surface area contributed by atoms with Gasteiger partial charge in [0.25, 0.3) is 0 Å². The minimum absolute atomic E-state index is 0.165. The van der Waals surface area contributed by atoms with Gasteiger partial charge in [0.05, 0.1) is 17.1 Å². The Hall–Kier alpha value is -3.39. The predicted molar refractivity (Wildman–Crippen MR) is 85.0 cm³/mol. The molecule has 1 N–H and O–H groups in total. The highest BCUT2D eigenvalue weighted by molar-refractivity contribution is 6.03. The van der Waals surface area contributed by atoms with Gasteiger partial charge in [0.2, 0.25) is 5.78 Å². The lowest BCUT2D eigenvalue weighted by Crippen LogP contribution is -2.12. The number of H-pyrrole nitrogens is 1. The van der Waals surface area contributed by atoms with Crippen molar-refractivity contribution in [3.63, 3.8) is 0 Å². The van der Waals surface area contributed by atoms with Crippen LogP contribution < -0.4 is 0 Å². The van der Waals surface area contributed by atoms with Gasteiger partial charge in [-0.3, -0.25) is 4.79 Å². The van der Waals surface area contributed by atoms with E-state index < -0.39 is 11.7 Å². The van der Waals surface area contributed by atoms with Crippen molar-refractivity contribution in [3.8, 4) is 6.07 Å².